The fourth-order valence-corrected chi connectivity index (χ4v) is 5.99. The Morgan fingerprint density at radius 2 is 1.42 bits per heavy atom. The van der Waals surface area contributed by atoms with Crippen molar-refractivity contribution in [2.75, 3.05) is 0 Å². The van der Waals surface area contributed by atoms with Crippen molar-refractivity contribution in [3.05, 3.63) is 30.3 Å². The average molecular weight is 276 g/mol. The molecule has 1 aromatic rings. The quantitative estimate of drug-likeness (QED) is 0.735. The number of hydrazine groups is 1. The van der Waals surface area contributed by atoms with Crippen LogP contribution in [0.3, 0.4) is 0 Å². The average Bonchev–Trinajstić information content (AvgIpc) is 2.68. The first-order valence-corrected chi connectivity index (χ1v) is 8.06. The number of hydrogen-bond donors (Lipinski definition) is 0. The molecular formula is C14H17N2O2P. The number of hydrogen-bond acceptors (Lipinski definition) is 2. The Kier molecular flexibility index (Phi) is 3.06. The van der Waals surface area contributed by atoms with Crippen LogP contribution in [-0.2, 0) is 9.59 Å². The molecule has 2 heterocycles. The van der Waals surface area contributed by atoms with E-state index >= 15 is 0 Å². The third-order valence-electron chi connectivity index (χ3n) is 3.86. The van der Waals surface area contributed by atoms with E-state index in [1.807, 2.05) is 18.2 Å². The zero-order valence-corrected chi connectivity index (χ0v) is 12.0. The topological polar surface area (TPSA) is 40.6 Å². The van der Waals surface area contributed by atoms with E-state index in [4.69, 9.17) is 0 Å². The number of fused-ring (bicyclic) bond motifs is 1. The van der Waals surface area contributed by atoms with Crippen LogP contribution in [0.2, 0.25) is 0 Å². The molecule has 2 saturated heterocycles. The number of amides is 2. The lowest BCUT2D eigenvalue weighted by Crippen LogP contribution is -2.53. The van der Waals surface area contributed by atoms with Crippen molar-refractivity contribution in [1.29, 1.82) is 0 Å². The van der Waals surface area contributed by atoms with Crippen LogP contribution < -0.4 is 5.30 Å². The normalized spacial score (nSPS) is 30.7. The minimum Gasteiger partial charge on any atom is -0.273 e. The summed E-state index contributed by atoms with van der Waals surface area (Å²) in [4.78, 5) is 24.2. The van der Waals surface area contributed by atoms with Crippen molar-refractivity contribution in [2.24, 2.45) is 0 Å². The Morgan fingerprint density at radius 3 is 1.89 bits per heavy atom. The fraction of sp³-hybridized carbons (Fsp3) is 0.429. The molecule has 0 aliphatic carbocycles. The lowest BCUT2D eigenvalue weighted by atomic mass is 10.2. The van der Waals surface area contributed by atoms with Gasteiger partial charge >= 0.3 is 0 Å². The molecule has 0 radical (unpaired) electrons. The van der Waals surface area contributed by atoms with E-state index < -0.39 is 7.92 Å². The Bertz CT molecular complexity index is 491. The molecule has 2 aliphatic heterocycles. The van der Waals surface area contributed by atoms with E-state index in [2.05, 4.69) is 26.0 Å². The summed E-state index contributed by atoms with van der Waals surface area (Å²) in [6, 6.07) is 10.2. The van der Waals surface area contributed by atoms with Crippen LogP contribution in [0.25, 0.3) is 0 Å². The first-order valence-electron chi connectivity index (χ1n) is 6.58. The number of benzene rings is 1. The van der Waals surface area contributed by atoms with E-state index in [0.29, 0.717) is 12.8 Å². The highest BCUT2D eigenvalue weighted by Gasteiger charge is 2.49. The summed E-state index contributed by atoms with van der Waals surface area (Å²) in [7, 11) is -0.556. The van der Waals surface area contributed by atoms with Gasteiger partial charge in [0.15, 0.2) is 0 Å². The van der Waals surface area contributed by atoms with Gasteiger partial charge in [0.05, 0.1) is 11.6 Å². The molecule has 3 rings (SSSR count). The van der Waals surface area contributed by atoms with Crippen LogP contribution in [-0.4, -0.2) is 33.4 Å². The molecule has 0 N–H and O–H groups in total. The Hall–Kier alpha value is -1.41. The van der Waals surface area contributed by atoms with Crippen LogP contribution in [0.15, 0.2) is 30.3 Å². The maximum absolute atomic E-state index is 12.1. The van der Waals surface area contributed by atoms with Crippen LogP contribution in [0.4, 0.5) is 0 Å². The molecule has 5 heteroatoms. The highest BCUT2D eigenvalue weighted by Crippen LogP contribution is 2.55. The predicted molar refractivity (Wildman–Crippen MR) is 74.8 cm³/mol. The molecule has 2 aliphatic rings. The molecule has 2 fully saturated rings. The van der Waals surface area contributed by atoms with Gasteiger partial charge in [0, 0.05) is 12.8 Å². The fourth-order valence-electron chi connectivity index (χ4n) is 3.04. The maximum atomic E-state index is 12.1. The molecule has 4 nitrogen and oxygen atoms in total. The van der Waals surface area contributed by atoms with Gasteiger partial charge < -0.3 is 0 Å². The maximum Gasteiger partial charge on any atom is 0.242 e. The highest BCUT2D eigenvalue weighted by molar-refractivity contribution is 7.67. The standard InChI is InChI=1S/C14H17N2O2P/c1-10-15-13(17)8-9-14(18)16(15)11(2)19(10)12-6-4-3-5-7-12/h3-7,10-11H,8-9H2,1-2H3/t10-,11+,19-. The van der Waals surface area contributed by atoms with Crippen LogP contribution in [0.5, 0.6) is 0 Å². The van der Waals surface area contributed by atoms with E-state index in [-0.39, 0.29) is 23.4 Å². The number of carbonyl (C=O) groups is 2. The van der Waals surface area contributed by atoms with Gasteiger partial charge in [0.2, 0.25) is 11.8 Å². The summed E-state index contributed by atoms with van der Waals surface area (Å²) in [6.45, 7) is 4.12. The molecule has 0 aromatic heterocycles. The molecule has 2 amide bonds. The van der Waals surface area contributed by atoms with Gasteiger partial charge in [-0.1, -0.05) is 30.3 Å². The summed E-state index contributed by atoms with van der Waals surface area (Å²) < 4.78 is 0. The summed E-state index contributed by atoms with van der Waals surface area (Å²) in [5, 5.41) is 4.66. The first-order chi connectivity index (χ1) is 9.11. The summed E-state index contributed by atoms with van der Waals surface area (Å²) in [5.41, 5.74) is 0. The highest BCUT2D eigenvalue weighted by atomic mass is 31.1. The molecular weight excluding hydrogens is 259 g/mol. The molecule has 0 spiro atoms. The number of nitrogens with zero attached hydrogens (tertiary/aromatic N) is 2. The second-order valence-corrected chi connectivity index (χ2v) is 7.81. The molecule has 0 saturated carbocycles. The van der Waals surface area contributed by atoms with Crippen molar-refractivity contribution in [2.45, 2.75) is 38.3 Å². The molecule has 0 unspecified atom stereocenters. The zero-order chi connectivity index (χ0) is 13.6. The van der Waals surface area contributed by atoms with Gasteiger partial charge in [0.1, 0.15) is 0 Å². The second kappa shape index (κ2) is 4.61. The van der Waals surface area contributed by atoms with E-state index in [9.17, 15) is 9.59 Å². The molecule has 1 aromatic carbocycles. The lowest BCUT2D eigenvalue weighted by Gasteiger charge is -2.35. The minimum atomic E-state index is -0.556. The Labute approximate surface area is 114 Å². The lowest BCUT2D eigenvalue weighted by molar-refractivity contribution is -0.170. The molecule has 100 valence electrons. The van der Waals surface area contributed by atoms with Gasteiger partial charge in [-0.3, -0.25) is 9.59 Å². The Balaban J connectivity index is 2.00. The first kappa shape index (κ1) is 12.6. The van der Waals surface area contributed by atoms with Gasteiger partial charge in [0.25, 0.3) is 0 Å². The monoisotopic (exact) mass is 276 g/mol. The summed E-state index contributed by atoms with van der Waals surface area (Å²) >= 11 is 0. The minimum absolute atomic E-state index is 0.0832. The van der Waals surface area contributed by atoms with Crippen molar-refractivity contribution < 1.29 is 9.59 Å². The SMILES string of the molecule is C[C@@H]1N2C(=O)CCC(=O)N2[C@H](C)[P@]1c1ccccc1. The summed E-state index contributed by atoms with van der Waals surface area (Å²) in [6.07, 6.45) is 0.703. The van der Waals surface area contributed by atoms with Crippen molar-refractivity contribution in [3.63, 3.8) is 0 Å². The van der Waals surface area contributed by atoms with Crippen molar-refractivity contribution in [3.8, 4) is 0 Å². The van der Waals surface area contributed by atoms with Crippen LogP contribution >= 0.6 is 7.92 Å². The third kappa shape index (κ3) is 1.86. The smallest absolute Gasteiger partial charge is 0.242 e. The van der Waals surface area contributed by atoms with Crippen molar-refractivity contribution in [1.82, 2.24) is 10.0 Å². The van der Waals surface area contributed by atoms with Crippen LogP contribution in [0, 0.1) is 0 Å². The van der Waals surface area contributed by atoms with Gasteiger partial charge in [-0.2, -0.15) is 0 Å². The zero-order valence-electron chi connectivity index (χ0n) is 11.1. The van der Waals surface area contributed by atoms with Gasteiger partial charge in [-0.05, 0) is 27.1 Å². The van der Waals surface area contributed by atoms with E-state index in [1.165, 1.54) is 5.30 Å². The second-order valence-electron chi connectivity index (χ2n) is 4.98. The van der Waals surface area contributed by atoms with Gasteiger partial charge in [-0.15, -0.1) is 0 Å². The Morgan fingerprint density at radius 1 is 0.947 bits per heavy atom. The third-order valence-corrected chi connectivity index (χ3v) is 6.81. The summed E-state index contributed by atoms with van der Waals surface area (Å²) in [5.74, 6) is 0.369. The molecule has 3 atom stereocenters. The van der Waals surface area contributed by atoms with Gasteiger partial charge in [-0.25, -0.2) is 10.0 Å². The predicted octanol–water partition coefficient (Wildman–Crippen LogP) is 1.87. The van der Waals surface area contributed by atoms with Crippen molar-refractivity contribution >= 4 is 25.0 Å². The van der Waals surface area contributed by atoms with Crippen LogP contribution in [0.1, 0.15) is 26.7 Å². The number of carbonyl (C=O) groups excluding carboxylic acids is 2. The number of rotatable bonds is 1. The molecule has 19 heavy (non-hydrogen) atoms. The van der Waals surface area contributed by atoms with E-state index in [1.54, 1.807) is 10.0 Å². The van der Waals surface area contributed by atoms with E-state index in [0.717, 1.165) is 0 Å². The molecule has 0 bridgehead atoms. The largest absolute Gasteiger partial charge is 0.273 e.